The van der Waals surface area contributed by atoms with Crippen LogP contribution in [0, 0.1) is 29.1 Å². The Kier molecular flexibility index (Phi) is 20.1. The summed E-state index contributed by atoms with van der Waals surface area (Å²) in [5, 5.41) is 32.5. The first-order valence-corrected chi connectivity index (χ1v) is 26.1. The van der Waals surface area contributed by atoms with E-state index in [0.29, 0.717) is 8.61 Å². The van der Waals surface area contributed by atoms with Crippen LogP contribution in [0.5, 0.6) is 11.5 Å². The second kappa shape index (κ2) is 23.1. The van der Waals surface area contributed by atoms with E-state index < -0.39 is 88.6 Å². The monoisotopic (exact) mass is 1020 g/mol. The summed E-state index contributed by atoms with van der Waals surface area (Å²) in [6.45, 7) is 19.7. The van der Waals surface area contributed by atoms with E-state index in [4.69, 9.17) is 14.2 Å². The molecule has 0 amide bonds. The lowest BCUT2D eigenvalue weighted by atomic mass is 9.85. The van der Waals surface area contributed by atoms with Crippen molar-refractivity contribution < 1.29 is 65.5 Å². The lowest BCUT2D eigenvalue weighted by molar-refractivity contribution is -0.149. The molecule has 2 aromatic rings. The fourth-order valence-corrected chi connectivity index (χ4v) is 13.3. The van der Waals surface area contributed by atoms with E-state index in [9.17, 15) is 51.3 Å². The highest BCUT2D eigenvalue weighted by Gasteiger charge is 2.60. The zero-order valence-corrected chi connectivity index (χ0v) is 44.3. The van der Waals surface area contributed by atoms with Crippen molar-refractivity contribution in [3.05, 3.63) is 72.3 Å². The van der Waals surface area contributed by atoms with Gasteiger partial charge in [0.2, 0.25) is 20.0 Å². The Labute approximate surface area is 409 Å². The van der Waals surface area contributed by atoms with Crippen molar-refractivity contribution in [3.63, 3.8) is 0 Å². The summed E-state index contributed by atoms with van der Waals surface area (Å²) >= 11 is 0. The van der Waals surface area contributed by atoms with Gasteiger partial charge in [0.05, 0.1) is 19.3 Å². The molecular weight excluding hydrogens is 957 g/mol. The van der Waals surface area contributed by atoms with Gasteiger partial charge in [0.15, 0.2) is 0 Å². The van der Waals surface area contributed by atoms with Crippen LogP contribution in [0.2, 0.25) is 0 Å². The first-order valence-electron chi connectivity index (χ1n) is 21.1. The minimum atomic E-state index is -4.83. The van der Waals surface area contributed by atoms with Gasteiger partial charge in [0.25, 0.3) is 0 Å². The van der Waals surface area contributed by atoms with E-state index in [1.807, 2.05) is 0 Å². The molecule has 0 radical (unpaired) electrons. The van der Waals surface area contributed by atoms with Gasteiger partial charge in [-0.1, -0.05) is 66.4 Å². The van der Waals surface area contributed by atoms with Crippen molar-refractivity contribution in [2.45, 2.75) is 133 Å². The van der Waals surface area contributed by atoms with Gasteiger partial charge < -0.3 is 29.5 Å². The minimum absolute atomic E-state index is 0.0201. The summed E-state index contributed by atoms with van der Waals surface area (Å²) in [5.74, 6) is 5.96. The van der Waals surface area contributed by atoms with Crippen LogP contribution in [0.15, 0.2) is 82.1 Å². The van der Waals surface area contributed by atoms with Crippen LogP contribution >= 0.6 is 21.6 Å². The van der Waals surface area contributed by atoms with Crippen molar-refractivity contribution in [1.82, 2.24) is 8.61 Å². The van der Waals surface area contributed by atoms with Crippen LogP contribution in [0.3, 0.4) is 0 Å². The molecule has 0 saturated heterocycles. The molecule has 0 aliphatic rings. The van der Waals surface area contributed by atoms with E-state index in [-0.39, 0.29) is 40.1 Å². The summed E-state index contributed by atoms with van der Waals surface area (Å²) < 4.78 is 73.5. The number of sulfonamides is 2. The molecule has 0 bridgehead atoms. The highest BCUT2D eigenvalue weighted by Crippen LogP contribution is 2.55. The van der Waals surface area contributed by atoms with Gasteiger partial charge in [-0.3, -0.25) is 9.59 Å². The largest absolute Gasteiger partial charge is 0.481 e. The predicted octanol–water partition coefficient (Wildman–Crippen LogP) is 7.75. The van der Waals surface area contributed by atoms with Crippen LogP contribution in [-0.2, 0) is 44.0 Å². The van der Waals surface area contributed by atoms with Crippen molar-refractivity contribution in [2.75, 3.05) is 26.3 Å². The van der Waals surface area contributed by atoms with Gasteiger partial charge in [0.1, 0.15) is 41.4 Å². The van der Waals surface area contributed by atoms with Crippen LogP contribution in [0.1, 0.15) is 96.9 Å². The molecule has 374 valence electrons. The fraction of sp³-hybridized carbons (Fsp3) is 0.500. The van der Waals surface area contributed by atoms with Gasteiger partial charge in [-0.05, 0) is 130 Å². The lowest BCUT2D eigenvalue weighted by Crippen LogP contribution is -2.66. The summed E-state index contributed by atoms with van der Waals surface area (Å²) in [5.41, 5.74) is -6.96. The Hall–Kier alpha value is -4.96. The molecule has 0 heterocycles. The van der Waals surface area contributed by atoms with Crippen molar-refractivity contribution >= 4 is 65.5 Å². The fourth-order valence-electron chi connectivity index (χ4n) is 6.26. The van der Waals surface area contributed by atoms with E-state index in [1.165, 1.54) is 83.1 Å². The third kappa shape index (κ3) is 14.3. The zero-order chi connectivity index (χ0) is 52.3. The highest BCUT2D eigenvalue weighted by molar-refractivity contribution is 8.77. The Bertz CT molecular complexity index is 2570. The quantitative estimate of drug-likeness (QED) is 0.0418. The van der Waals surface area contributed by atoms with Gasteiger partial charge in [-0.25, -0.2) is 26.4 Å². The molecule has 0 aliphatic heterocycles. The second-order valence-corrected chi connectivity index (χ2v) is 25.6. The maximum absolute atomic E-state index is 14.8. The Morgan fingerprint density at radius 3 is 1.29 bits per heavy atom. The number of ether oxygens (including phenoxy) is 3. The van der Waals surface area contributed by atoms with Crippen LogP contribution in [0.25, 0.3) is 0 Å². The molecule has 0 aliphatic carbocycles. The van der Waals surface area contributed by atoms with Gasteiger partial charge >= 0.3 is 23.9 Å². The molecule has 0 aromatic heterocycles. The third-order valence-corrected chi connectivity index (χ3v) is 19.3. The summed E-state index contributed by atoms with van der Waals surface area (Å²) in [6, 6.07) is 10.4. The normalized spacial score (nSPS) is 14.7. The number of hydrogen-bond donors (Lipinski definition) is 3. The van der Waals surface area contributed by atoms with E-state index >= 15 is 0 Å². The topological polar surface area (TPSA) is 231 Å². The Balaban J connectivity index is 2.88. The molecule has 68 heavy (non-hydrogen) atoms. The zero-order valence-electron chi connectivity index (χ0n) is 41.0. The van der Waals surface area contributed by atoms with Gasteiger partial charge in [-0.2, -0.15) is 8.61 Å². The highest BCUT2D eigenvalue weighted by atomic mass is 33.1. The number of carboxylic acids is 3. The van der Waals surface area contributed by atoms with Crippen molar-refractivity contribution in [3.8, 4) is 35.2 Å². The number of carboxylic acid groups (broad SMARTS) is 3. The average molecular weight is 1020 g/mol. The maximum Gasteiger partial charge on any atom is 0.331 e. The number of nitrogens with zero attached hydrogens (tertiary/aromatic N) is 2. The molecule has 0 unspecified atom stereocenters. The molecular formula is C48H64N2O14S4. The molecule has 20 heteroatoms. The first kappa shape index (κ1) is 59.2. The second-order valence-electron chi connectivity index (χ2n) is 18.5. The van der Waals surface area contributed by atoms with Gasteiger partial charge in [-0.15, -0.1) is 11.8 Å². The number of benzene rings is 2. The molecule has 0 fully saturated rings. The molecule has 2 atom stereocenters. The SMILES string of the molecule is CC#CCOc1ccc(S(=O)(=O)N(C/C=C/C(=O)OC(C)(C)C)[C@@](C)(C(=O)O)C(C)(C)SSC(C)(C)[C@](C)(C(=O)O)N(C/C=C(/C(=O)O)C(C)(C)C)S(=O)(=O)c2ccc(OCC#CC)cc2)cc1. The van der Waals surface area contributed by atoms with Crippen molar-refractivity contribution in [2.24, 2.45) is 5.41 Å². The number of esters is 1. The van der Waals surface area contributed by atoms with Crippen LogP contribution < -0.4 is 9.47 Å². The number of aliphatic carboxylic acids is 3. The third-order valence-electron chi connectivity index (χ3n) is 10.9. The van der Waals surface area contributed by atoms with E-state index in [0.717, 1.165) is 46.7 Å². The average Bonchev–Trinajstić information content (AvgIpc) is 3.21. The number of carbonyl (C=O) groups excluding carboxylic acids is 1. The van der Waals surface area contributed by atoms with Crippen molar-refractivity contribution in [1.29, 1.82) is 0 Å². The summed E-state index contributed by atoms with van der Waals surface area (Å²) in [4.78, 5) is 52.1. The van der Waals surface area contributed by atoms with E-state index in [1.54, 1.807) is 55.4 Å². The maximum atomic E-state index is 14.8. The van der Waals surface area contributed by atoms with Crippen LogP contribution in [0.4, 0.5) is 0 Å². The Morgan fingerprint density at radius 2 is 0.985 bits per heavy atom. The first-order chi connectivity index (χ1) is 31.1. The molecule has 3 N–H and O–H groups in total. The lowest BCUT2D eigenvalue weighted by Gasteiger charge is -2.50. The van der Waals surface area contributed by atoms with Crippen LogP contribution in [-0.4, -0.2) is 117 Å². The minimum Gasteiger partial charge on any atom is -0.481 e. The molecule has 0 spiro atoms. The van der Waals surface area contributed by atoms with E-state index in [2.05, 4.69) is 23.7 Å². The summed E-state index contributed by atoms with van der Waals surface area (Å²) in [7, 11) is -8.02. The Morgan fingerprint density at radius 1 is 0.618 bits per heavy atom. The predicted molar refractivity (Wildman–Crippen MR) is 264 cm³/mol. The number of hydrogen-bond acceptors (Lipinski definition) is 13. The summed E-state index contributed by atoms with van der Waals surface area (Å²) in [6.07, 6.45) is 3.29. The standard InChI is InChI=1S/C48H64N2O14S4/c1-15-17-32-62-34-21-25-36(26-22-34)67(58,59)49(30-19-20-39(51)64-44(6,7)8)47(13,41(54)55)45(9,10)65-66-46(11,12)48(14,42(56)57)50(31-29-38(40(52)53)43(3,4)5)68(60,61)37-27-23-35(24-28-37)63-33-18-16-2/h19-29H,30-33H2,1-14H3,(H,52,53)(H,54,55)(H,56,57)/b20-19+,38-29-/t47-,48-/m0/s1. The van der Waals surface area contributed by atoms with Gasteiger partial charge in [0, 0.05) is 24.7 Å². The molecule has 2 rings (SSSR count). The number of rotatable bonds is 23. The molecule has 16 nitrogen and oxygen atoms in total. The molecule has 0 saturated carbocycles. The number of carbonyl (C=O) groups is 4. The smallest absolute Gasteiger partial charge is 0.331 e. The molecule has 2 aromatic carbocycles.